The maximum absolute atomic E-state index is 12.3. The smallest absolute Gasteiger partial charge is 0.242 e. The molecule has 1 heterocycles. The van der Waals surface area contributed by atoms with Gasteiger partial charge in [-0.05, 0) is 6.92 Å². The van der Waals surface area contributed by atoms with Crippen LogP contribution in [0.25, 0.3) is 0 Å². The third kappa shape index (κ3) is 2.02. The molecule has 1 aliphatic heterocycles. The number of carbonyl (C=O) groups is 1. The number of ether oxygens (including phenoxy) is 1. The number of benzene rings is 2. The lowest BCUT2D eigenvalue weighted by Crippen LogP contribution is -2.39. The zero-order valence-electron chi connectivity index (χ0n) is 11.3. The number of aromatic hydroxyl groups is 2. The largest absolute Gasteiger partial charge is 0.507 e. The van der Waals surface area contributed by atoms with Crippen molar-refractivity contribution in [2.24, 2.45) is 0 Å². The fourth-order valence-electron chi connectivity index (χ4n) is 2.50. The van der Waals surface area contributed by atoms with Crippen LogP contribution in [-0.2, 0) is 5.79 Å². The first-order valence-electron chi connectivity index (χ1n) is 6.48. The zero-order valence-corrected chi connectivity index (χ0v) is 11.3. The summed E-state index contributed by atoms with van der Waals surface area (Å²) < 4.78 is 5.58. The normalized spacial score (nSPS) is 20.8. The Hall–Kier alpha value is -2.53. The van der Waals surface area contributed by atoms with Gasteiger partial charge in [0.15, 0.2) is 5.78 Å². The van der Waals surface area contributed by atoms with Gasteiger partial charge in [-0.15, -0.1) is 0 Å². The van der Waals surface area contributed by atoms with Crippen molar-refractivity contribution in [3.05, 3.63) is 53.1 Å². The van der Waals surface area contributed by atoms with Crippen LogP contribution in [-0.4, -0.2) is 21.1 Å². The number of hydrogen-bond donors (Lipinski definition) is 3. The van der Waals surface area contributed by atoms with Crippen molar-refractivity contribution < 1.29 is 24.9 Å². The van der Waals surface area contributed by atoms with Crippen molar-refractivity contribution in [2.75, 3.05) is 0 Å². The van der Waals surface area contributed by atoms with Gasteiger partial charge >= 0.3 is 0 Å². The second-order valence-electron chi connectivity index (χ2n) is 5.10. The first kappa shape index (κ1) is 13.5. The predicted molar refractivity (Wildman–Crippen MR) is 74.4 cm³/mol. The van der Waals surface area contributed by atoms with E-state index in [1.54, 1.807) is 37.3 Å². The Morgan fingerprint density at radius 3 is 2.48 bits per heavy atom. The van der Waals surface area contributed by atoms with Crippen molar-refractivity contribution in [1.82, 2.24) is 0 Å². The van der Waals surface area contributed by atoms with Crippen LogP contribution in [0.2, 0.25) is 0 Å². The average molecular weight is 286 g/mol. The molecule has 21 heavy (non-hydrogen) atoms. The lowest BCUT2D eigenvalue weighted by atomic mass is 9.91. The Balaban J connectivity index is 2.17. The van der Waals surface area contributed by atoms with Gasteiger partial charge in [0, 0.05) is 17.2 Å². The molecule has 5 nitrogen and oxygen atoms in total. The Morgan fingerprint density at radius 1 is 1.14 bits per heavy atom. The maximum atomic E-state index is 12.3. The molecule has 0 aliphatic carbocycles. The summed E-state index contributed by atoms with van der Waals surface area (Å²) in [4.78, 5) is 12.3. The van der Waals surface area contributed by atoms with Crippen LogP contribution in [0, 0.1) is 6.92 Å². The molecule has 0 fully saturated rings. The van der Waals surface area contributed by atoms with Crippen LogP contribution in [0.1, 0.15) is 27.9 Å². The predicted octanol–water partition coefficient (Wildman–Crippen LogP) is 2.22. The minimum Gasteiger partial charge on any atom is -0.507 e. The molecule has 0 saturated heterocycles. The quantitative estimate of drug-likeness (QED) is 0.748. The Kier molecular flexibility index (Phi) is 2.88. The Morgan fingerprint density at radius 2 is 1.81 bits per heavy atom. The van der Waals surface area contributed by atoms with E-state index in [4.69, 9.17) is 4.74 Å². The van der Waals surface area contributed by atoms with Gasteiger partial charge in [-0.25, -0.2) is 0 Å². The molecule has 0 spiro atoms. The second-order valence-corrected chi connectivity index (χ2v) is 5.10. The number of ketones is 1. The van der Waals surface area contributed by atoms with Crippen molar-refractivity contribution in [3.8, 4) is 17.2 Å². The highest BCUT2D eigenvalue weighted by molar-refractivity contribution is 6.03. The first-order chi connectivity index (χ1) is 9.92. The van der Waals surface area contributed by atoms with Crippen molar-refractivity contribution in [3.63, 3.8) is 0 Å². The van der Waals surface area contributed by atoms with Gasteiger partial charge in [-0.3, -0.25) is 4.79 Å². The van der Waals surface area contributed by atoms with Crippen LogP contribution in [0.3, 0.4) is 0 Å². The standard InChI is InChI=1S/C16H14O5/c1-9-11(17)7-12(18)14-13(19)8-16(20,21-15(9)14)10-5-3-2-4-6-10/h2-7,17-18,20H,8H2,1H3. The number of phenolic OH excluding ortho intramolecular Hbond substituents is 2. The summed E-state index contributed by atoms with van der Waals surface area (Å²) in [7, 11) is 0. The van der Waals surface area contributed by atoms with E-state index in [2.05, 4.69) is 0 Å². The molecular weight excluding hydrogens is 272 g/mol. The first-order valence-corrected chi connectivity index (χ1v) is 6.48. The van der Waals surface area contributed by atoms with Gasteiger partial charge in [-0.2, -0.15) is 0 Å². The molecule has 0 amide bonds. The van der Waals surface area contributed by atoms with Crippen LogP contribution in [0.5, 0.6) is 17.2 Å². The van der Waals surface area contributed by atoms with Crippen molar-refractivity contribution >= 4 is 5.78 Å². The second kappa shape index (κ2) is 4.49. The molecule has 3 N–H and O–H groups in total. The summed E-state index contributed by atoms with van der Waals surface area (Å²) in [5.41, 5.74) is 0.724. The van der Waals surface area contributed by atoms with Crippen molar-refractivity contribution in [2.45, 2.75) is 19.1 Å². The molecule has 1 atom stereocenters. The Bertz CT molecular complexity index is 723. The van der Waals surface area contributed by atoms with E-state index in [9.17, 15) is 20.1 Å². The molecule has 1 unspecified atom stereocenters. The monoisotopic (exact) mass is 286 g/mol. The number of phenols is 2. The third-order valence-electron chi connectivity index (χ3n) is 3.66. The van der Waals surface area contributed by atoms with E-state index in [1.165, 1.54) is 0 Å². The van der Waals surface area contributed by atoms with E-state index in [0.717, 1.165) is 6.07 Å². The SMILES string of the molecule is Cc1c(O)cc(O)c2c1OC(O)(c1ccccc1)CC2=O. The molecule has 2 aromatic rings. The summed E-state index contributed by atoms with van der Waals surface area (Å²) in [5, 5.41) is 30.2. The number of Topliss-reactive ketones (excluding diaryl/α,β-unsaturated/α-hetero) is 1. The number of rotatable bonds is 1. The lowest BCUT2D eigenvalue weighted by molar-refractivity contribution is -0.147. The molecular formula is C16H14O5. The molecule has 1 aliphatic rings. The van der Waals surface area contributed by atoms with Crippen LogP contribution < -0.4 is 4.74 Å². The maximum Gasteiger partial charge on any atom is 0.242 e. The topological polar surface area (TPSA) is 87.0 Å². The highest BCUT2D eigenvalue weighted by atomic mass is 16.6. The fourth-order valence-corrected chi connectivity index (χ4v) is 2.50. The minimum absolute atomic E-state index is 0.00842. The molecule has 3 rings (SSSR count). The van der Waals surface area contributed by atoms with E-state index in [0.29, 0.717) is 11.1 Å². The molecule has 108 valence electrons. The van der Waals surface area contributed by atoms with E-state index >= 15 is 0 Å². The Labute approximate surface area is 121 Å². The summed E-state index contributed by atoms with van der Waals surface area (Å²) in [5.74, 6) is -2.79. The van der Waals surface area contributed by atoms with Gasteiger partial charge < -0.3 is 20.1 Å². The molecule has 0 radical (unpaired) electrons. The number of hydrogen-bond acceptors (Lipinski definition) is 5. The van der Waals surface area contributed by atoms with Crippen LogP contribution in [0.4, 0.5) is 0 Å². The van der Waals surface area contributed by atoms with Crippen LogP contribution in [0.15, 0.2) is 36.4 Å². The molecule has 0 aromatic heterocycles. The highest BCUT2D eigenvalue weighted by Gasteiger charge is 2.42. The fraction of sp³-hybridized carbons (Fsp3) is 0.188. The van der Waals surface area contributed by atoms with E-state index in [-0.39, 0.29) is 29.2 Å². The zero-order chi connectivity index (χ0) is 15.2. The third-order valence-corrected chi connectivity index (χ3v) is 3.66. The average Bonchev–Trinajstić information content (AvgIpc) is 2.45. The van der Waals surface area contributed by atoms with Gasteiger partial charge in [0.05, 0.1) is 6.42 Å². The minimum atomic E-state index is -1.81. The molecule has 0 bridgehead atoms. The summed E-state index contributed by atoms with van der Waals surface area (Å²) in [6, 6.07) is 9.64. The lowest BCUT2D eigenvalue weighted by Gasteiger charge is -2.34. The van der Waals surface area contributed by atoms with Gasteiger partial charge in [0.25, 0.3) is 0 Å². The summed E-state index contributed by atoms with van der Waals surface area (Å²) in [6.45, 7) is 1.55. The molecule has 2 aromatic carbocycles. The van der Waals surface area contributed by atoms with E-state index in [1.807, 2.05) is 0 Å². The number of fused-ring (bicyclic) bond motifs is 1. The molecule has 0 saturated carbocycles. The molecule has 5 heteroatoms. The summed E-state index contributed by atoms with van der Waals surface area (Å²) >= 11 is 0. The van der Waals surface area contributed by atoms with Crippen molar-refractivity contribution in [1.29, 1.82) is 0 Å². The van der Waals surface area contributed by atoms with Crippen LogP contribution >= 0.6 is 0 Å². The number of carbonyl (C=O) groups excluding carboxylic acids is 1. The number of aliphatic hydroxyl groups is 1. The van der Waals surface area contributed by atoms with Gasteiger partial charge in [0.2, 0.25) is 5.79 Å². The summed E-state index contributed by atoms with van der Waals surface area (Å²) in [6.07, 6.45) is -0.304. The van der Waals surface area contributed by atoms with Gasteiger partial charge in [-0.1, -0.05) is 30.3 Å². The highest BCUT2D eigenvalue weighted by Crippen LogP contribution is 2.46. The van der Waals surface area contributed by atoms with E-state index < -0.39 is 11.6 Å². The van der Waals surface area contributed by atoms with Gasteiger partial charge in [0.1, 0.15) is 22.8 Å².